The third-order valence-corrected chi connectivity index (χ3v) is 3.82. The molecule has 1 aromatic carbocycles. The normalized spacial score (nSPS) is 10.5. The van der Waals surface area contributed by atoms with E-state index in [-0.39, 0.29) is 0 Å². The smallest absolute Gasteiger partial charge is 0.0519 e. The minimum absolute atomic E-state index is 0.612. The largest absolute Gasteiger partial charge is 0.369 e. The first-order valence-corrected chi connectivity index (χ1v) is 6.62. The van der Waals surface area contributed by atoms with Crippen LogP contribution in [-0.4, -0.2) is 7.05 Å². The zero-order chi connectivity index (χ0) is 12.3. The number of aryl methyl sites for hydroxylation is 1. The SMILES string of the molecule is Cc1cc(N(C)Cc2cccs2)ccc1CN. The second kappa shape index (κ2) is 5.34. The zero-order valence-electron chi connectivity index (χ0n) is 10.3. The molecule has 0 amide bonds. The molecule has 2 N–H and O–H groups in total. The van der Waals surface area contributed by atoms with Crippen LogP contribution in [0.3, 0.4) is 0 Å². The van der Waals surface area contributed by atoms with E-state index in [1.54, 1.807) is 11.3 Å². The molecular formula is C14H18N2S. The van der Waals surface area contributed by atoms with Crippen LogP contribution in [0.4, 0.5) is 5.69 Å². The predicted molar refractivity (Wildman–Crippen MR) is 75.5 cm³/mol. The third-order valence-electron chi connectivity index (χ3n) is 2.96. The lowest BCUT2D eigenvalue weighted by Crippen LogP contribution is -2.16. The Balaban J connectivity index is 2.14. The van der Waals surface area contributed by atoms with Crippen molar-refractivity contribution in [3.8, 4) is 0 Å². The van der Waals surface area contributed by atoms with Crippen molar-refractivity contribution in [2.75, 3.05) is 11.9 Å². The number of thiophene rings is 1. The molecule has 0 radical (unpaired) electrons. The maximum atomic E-state index is 5.67. The van der Waals surface area contributed by atoms with Gasteiger partial charge in [-0.15, -0.1) is 11.3 Å². The lowest BCUT2D eigenvalue weighted by Gasteiger charge is -2.19. The van der Waals surface area contributed by atoms with Gasteiger partial charge in [-0.25, -0.2) is 0 Å². The maximum Gasteiger partial charge on any atom is 0.0519 e. The van der Waals surface area contributed by atoms with Gasteiger partial charge in [-0.3, -0.25) is 0 Å². The first kappa shape index (κ1) is 12.1. The fourth-order valence-corrected chi connectivity index (χ4v) is 2.63. The number of benzene rings is 1. The van der Waals surface area contributed by atoms with E-state index >= 15 is 0 Å². The molecule has 0 saturated heterocycles. The second-order valence-corrected chi connectivity index (χ2v) is 5.28. The Hall–Kier alpha value is -1.32. The molecule has 0 unspecified atom stereocenters. The van der Waals surface area contributed by atoms with Crippen LogP contribution in [0.5, 0.6) is 0 Å². The highest BCUT2D eigenvalue weighted by molar-refractivity contribution is 7.09. The molecule has 0 aliphatic rings. The van der Waals surface area contributed by atoms with Gasteiger partial charge in [0.15, 0.2) is 0 Å². The average molecular weight is 246 g/mol. The minimum atomic E-state index is 0.612. The summed E-state index contributed by atoms with van der Waals surface area (Å²) >= 11 is 1.80. The molecule has 1 heterocycles. The highest BCUT2D eigenvalue weighted by atomic mass is 32.1. The van der Waals surface area contributed by atoms with Gasteiger partial charge >= 0.3 is 0 Å². The van der Waals surface area contributed by atoms with Crippen molar-refractivity contribution in [3.05, 3.63) is 51.7 Å². The second-order valence-electron chi connectivity index (χ2n) is 4.25. The van der Waals surface area contributed by atoms with Crippen LogP contribution in [0.2, 0.25) is 0 Å². The topological polar surface area (TPSA) is 29.3 Å². The number of nitrogens with zero attached hydrogens (tertiary/aromatic N) is 1. The molecule has 0 fully saturated rings. The van der Waals surface area contributed by atoms with Crippen molar-refractivity contribution in [2.24, 2.45) is 5.73 Å². The van der Waals surface area contributed by atoms with Crippen molar-refractivity contribution in [2.45, 2.75) is 20.0 Å². The van der Waals surface area contributed by atoms with Crippen LogP contribution in [0.15, 0.2) is 35.7 Å². The summed E-state index contributed by atoms with van der Waals surface area (Å²) in [4.78, 5) is 3.65. The van der Waals surface area contributed by atoms with Crippen LogP contribution in [0, 0.1) is 6.92 Å². The van der Waals surface area contributed by atoms with E-state index in [1.165, 1.54) is 21.7 Å². The third kappa shape index (κ3) is 2.87. The zero-order valence-corrected chi connectivity index (χ0v) is 11.1. The van der Waals surface area contributed by atoms with E-state index in [0.717, 1.165) is 6.54 Å². The Morgan fingerprint density at radius 1 is 1.29 bits per heavy atom. The standard InChI is InChI=1S/C14H18N2S/c1-11-8-13(6-5-12(11)9-15)16(2)10-14-4-3-7-17-14/h3-8H,9-10,15H2,1-2H3. The summed E-state index contributed by atoms with van der Waals surface area (Å²) in [5, 5.41) is 2.12. The molecule has 0 spiro atoms. The molecule has 0 aliphatic carbocycles. The summed E-state index contributed by atoms with van der Waals surface area (Å²) in [6.45, 7) is 3.69. The van der Waals surface area contributed by atoms with E-state index in [4.69, 9.17) is 5.73 Å². The number of hydrogen-bond acceptors (Lipinski definition) is 3. The van der Waals surface area contributed by atoms with Gasteiger partial charge in [0.2, 0.25) is 0 Å². The maximum absolute atomic E-state index is 5.67. The Morgan fingerprint density at radius 2 is 2.12 bits per heavy atom. The average Bonchev–Trinajstić information content (AvgIpc) is 2.81. The van der Waals surface area contributed by atoms with Gasteiger partial charge in [-0.2, -0.15) is 0 Å². The molecule has 0 atom stereocenters. The molecule has 2 nitrogen and oxygen atoms in total. The summed E-state index contributed by atoms with van der Waals surface area (Å²) in [6, 6.07) is 10.7. The van der Waals surface area contributed by atoms with Gasteiger partial charge in [0.25, 0.3) is 0 Å². The van der Waals surface area contributed by atoms with Crippen LogP contribution in [0.1, 0.15) is 16.0 Å². The van der Waals surface area contributed by atoms with Crippen LogP contribution in [-0.2, 0) is 13.1 Å². The molecule has 2 rings (SSSR count). The highest BCUT2D eigenvalue weighted by Gasteiger charge is 2.04. The highest BCUT2D eigenvalue weighted by Crippen LogP contribution is 2.21. The number of hydrogen-bond donors (Lipinski definition) is 1. The van der Waals surface area contributed by atoms with Gasteiger partial charge in [0.1, 0.15) is 0 Å². The Bertz CT molecular complexity index is 477. The van der Waals surface area contributed by atoms with Crippen molar-refractivity contribution in [3.63, 3.8) is 0 Å². The first-order chi connectivity index (χ1) is 8.20. The van der Waals surface area contributed by atoms with E-state index < -0.39 is 0 Å². The van der Waals surface area contributed by atoms with Crippen LogP contribution >= 0.6 is 11.3 Å². The first-order valence-electron chi connectivity index (χ1n) is 5.74. The summed E-state index contributed by atoms with van der Waals surface area (Å²) in [5.74, 6) is 0. The Kier molecular flexibility index (Phi) is 3.82. The Labute approximate surface area is 107 Å². The molecule has 3 heteroatoms. The van der Waals surface area contributed by atoms with E-state index in [1.807, 2.05) is 0 Å². The summed E-state index contributed by atoms with van der Waals surface area (Å²) in [5.41, 5.74) is 9.41. The van der Waals surface area contributed by atoms with E-state index in [9.17, 15) is 0 Å². The van der Waals surface area contributed by atoms with Crippen molar-refractivity contribution < 1.29 is 0 Å². The summed E-state index contributed by atoms with van der Waals surface area (Å²) in [6.07, 6.45) is 0. The van der Waals surface area contributed by atoms with Crippen molar-refractivity contribution >= 4 is 17.0 Å². The van der Waals surface area contributed by atoms with Crippen molar-refractivity contribution in [1.29, 1.82) is 0 Å². The quantitative estimate of drug-likeness (QED) is 0.898. The minimum Gasteiger partial charge on any atom is -0.369 e. The van der Waals surface area contributed by atoms with Gasteiger partial charge in [0, 0.05) is 24.2 Å². The van der Waals surface area contributed by atoms with Gasteiger partial charge in [-0.05, 0) is 41.6 Å². The van der Waals surface area contributed by atoms with Crippen LogP contribution in [0.25, 0.3) is 0 Å². The molecule has 90 valence electrons. The molecule has 0 saturated carbocycles. The molecule has 0 bridgehead atoms. The Morgan fingerprint density at radius 3 is 2.71 bits per heavy atom. The fraction of sp³-hybridized carbons (Fsp3) is 0.286. The fourth-order valence-electron chi connectivity index (χ4n) is 1.87. The monoisotopic (exact) mass is 246 g/mol. The van der Waals surface area contributed by atoms with Gasteiger partial charge in [-0.1, -0.05) is 12.1 Å². The van der Waals surface area contributed by atoms with E-state index in [2.05, 4.69) is 54.6 Å². The lowest BCUT2D eigenvalue weighted by atomic mass is 10.1. The molecule has 2 aromatic rings. The molecule has 17 heavy (non-hydrogen) atoms. The number of anilines is 1. The summed E-state index contributed by atoms with van der Waals surface area (Å²) < 4.78 is 0. The van der Waals surface area contributed by atoms with Crippen LogP contribution < -0.4 is 10.6 Å². The van der Waals surface area contributed by atoms with Crippen molar-refractivity contribution in [1.82, 2.24) is 0 Å². The lowest BCUT2D eigenvalue weighted by molar-refractivity contribution is 0.935. The molecule has 0 aliphatic heterocycles. The molecular weight excluding hydrogens is 228 g/mol. The van der Waals surface area contributed by atoms with E-state index in [0.29, 0.717) is 6.54 Å². The van der Waals surface area contributed by atoms with Gasteiger partial charge in [0.05, 0.1) is 6.54 Å². The number of nitrogens with two attached hydrogens (primary N) is 1. The van der Waals surface area contributed by atoms with Gasteiger partial charge < -0.3 is 10.6 Å². The number of rotatable bonds is 4. The predicted octanol–water partition coefficient (Wildman–Crippen LogP) is 3.15. The molecule has 1 aromatic heterocycles. The summed E-state index contributed by atoms with van der Waals surface area (Å²) in [7, 11) is 2.12.